The molecule has 5 aromatic rings. The highest BCUT2D eigenvalue weighted by Gasteiger charge is 2.51. The van der Waals surface area contributed by atoms with Gasteiger partial charge in [0.2, 0.25) is 0 Å². The first kappa shape index (κ1) is 27.5. The largest absolute Gasteiger partial charge is 0.309 e. The van der Waals surface area contributed by atoms with Crippen molar-refractivity contribution in [3.8, 4) is 6.07 Å². The SMILES string of the molecule is [C-]#[N+]C(C#N)=C1c2ccccc2C2(c3ccccc31)c1ccccc1N(c1c(C)cc(C(C)(C)C)cc1C)c1ccccc12. The van der Waals surface area contributed by atoms with E-state index < -0.39 is 5.41 Å². The van der Waals surface area contributed by atoms with Gasteiger partial charge in [0.1, 0.15) is 0 Å². The summed E-state index contributed by atoms with van der Waals surface area (Å²) >= 11 is 0. The molecular weight excluding hydrogens is 534 g/mol. The van der Waals surface area contributed by atoms with Gasteiger partial charge in [-0.05, 0) is 81.5 Å². The summed E-state index contributed by atoms with van der Waals surface area (Å²) in [6.45, 7) is 19.2. The molecule has 2 aliphatic rings. The predicted molar refractivity (Wildman–Crippen MR) is 179 cm³/mol. The molecule has 0 aromatic heterocycles. The summed E-state index contributed by atoms with van der Waals surface area (Å²) in [5.74, 6) is 0. The van der Waals surface area contributed by atoms with Gasteiger partial charge in [-0.2, -0.15) is 0 Å². The number of nitriles is 1. The molecule has 0 amide bonds. The number of rotatable bonds is 1. The molecule has 1 aliphatic carbocycles. The maximum atomic E-state index is 10.1. The van der Waals surface area contributed by atoms with Crippen molar-refractivity contribution in [1.82, 2.24) is 0 Å². The number of hydrogen-bond acceptors (Lipinski definition) is 2. The van der Waals surface area contributed by atoms with Crippen LogP contribution in [0, 0.1) is 31.8 Å². The lowest BCUT2D eigenvalue weighted by Gasteiger charge is -2.50. The van der Waals surface area contributed by atoms with Gasteiger partial charge in [-0.15, -0.1) is 0 Å². The number of para-hydroxylation sites is 2. The zero-order valence-corrected chi connectivity index (χ0v) is 25.7. The second kappa shape index (κ2) is 9.84. The van der Waals surface area contributed by atoms with Gasteiger partial charge in [-0.3, -0.25) is 0 Å². The van der Waals surface area contributed by atoms with E-state index in [-0.39, 0.29) is 11.1 Å². The second-order valence-corrected chi connectivity index (χ2v) is 12.9. The number of hydrogen-bond donors (Lipinski definition) is 0. The Morgan fingerprint density at radius 3 is 1.57 bits per heavy atom. The number of benzene rings is 5. The summed E-state index contributed by atoms with van der Waals surface area (Å²) < 4.78 is 0. The van der Waals surface area contributed by atoms with Crippen LogP contribution in [-0.2, 0) is 10.8 Å². The van der Waals surface area contributed by atoms with Crippen LogP contribution in [0.15, 0.2) is 115 Å². The Bertz CT molecular complexity index is 1970. The first-order valence-electron chi connectivity index (χ1n) is 15.1. The third kappa shape index (κ3) is 3.66. The van der Waals surface area contributed by atoms with Gasteiger partial charge in [0.05, 0.1) is 35.1 Å². The van der Waals surface area contributed by atoms with Crippen molar-refractivity contribution in [2.45, 2.75) is 45.4 Å². The van der Waals surface area contributed by atoms with E-state index in [1.165, 1.54) is 33.5 Å². The van der Waals surface area contributed by atoms with Crippen LogP contribution in [0.4, 0.5) is 17.1 Å². The number of anilines is 3. The molecule has 0 N–H and O–H groups in total. The van der Waals surface area contributed by atoms with Gasteiger partial charge in [-0.1, -0.05) is 118 Å². The molecule has 0 atom stereocenters. The predicted octanol–water partition coefficient (Wildman–Crippen LogP) is 10.3. The molecule has 212 valence electrons. The third-order valence-corrected chi connectivity index (χ3v) is 9.33. The van der Waals surface area contributed by atoms with Crippen LogP contribution in [0.5, 0.6) is 0 Å². The van der Waals surface area contributed by atoms with Crippen molar-refractivity contribution < 1.29 is 0 Å². The van der Waals surface area contributed by atoms with Crippen LogP contribution < -0.4 is 4.90 Å². The van der Waals surface area contributed by atoms with Gasteiger partial charge in [0.15, 0.2) is 0 Å². The molecule has 3 nitrogen and oxygen atoms in total. The number of aryl methyl sites for hydroxylation is 2. The summed E-state index contributed by atoms with van der Waals surface area (Å²) in [4.78, 5) is 6.15. The Balaban J connectivity index is 1.64. The molecule has 0 saturated heterocycles. The van der Waals surface area contributed by atoms with E-state index in [1.807, 2.05) is 12.1 Å². The molecule has 7 rings (SSSR count). The molecule has 44 heavy (non-hydrogen) atoms. The minimum atomic E-state index is -0.657. The molecule has 0 saturated carbocycles. The second-order valence-electron chi connectivity index (χ2n) is 12.9. The lowest BCUT2D eigenvalue weighted by molar-refractivity contribution is 0.589. The van der Waals surface area contributed by atoms with Crippen molar-refractivity contribution >= 4 is 22.6 Å². The quantitative estimate of drug-likeness (QED) is 0.146. The van der Waals surface area contributed by atoms with E-state index in [9.17, 15) is 5.26 Å². The van der Waals surface area contributed by atoms with Crippen LogP contribution in [-0.4, -0.2) is 0 Å². The van der Waals surface area contributed by atoms with Crippen molar-refractivity contribution in [3.05, 3.63) is 176 Å². The lowest BCUT2D eigenvalue weighted by atomic mass is 9.56. The normalized spacial score (nSPS) is 14.1. The topological polar surface area (TPSA) is 31.4 Å². The van der Waals surface area contributed by atoms with Crippen molar-refractivity contribution in [1.29, 1.82) is 5.26 Å². The van der Waals surface area contributed by atoms with Gasteiger partial charge in [0.25, 0.3) is 5.70 Å². The van der Waals surface area contributed by atoms with Crippen molar-refractivity contribution in [2.24, 2.45) is 0 Å². The fourth-order valence-electron chi connectivity index (χ4n) is 7.55. The van der Waals surface area contributed by atoms with Crippen molar-refractivity contribution in [3.63, 3.8) is 0 Å². The maximum Gasteiger partial charge on any atom is 0.270 e. The third-order valence-electron chi connectivity index (χ3n) is 9.33. The molecule has 0 bridgehead atoms. The summed E-state index contributed by atoms with van der Waals surface area (Å²) in [6.07, 6.45) is 0. The Morgan fingerprint density at radius 1 is 0.705 bits per heavy atom. The summed E-state index contributed by atoms with van der Waals surface area (Å²) in [5.41, 5.74) is 13.9. The van der Waals surface area contributed by atoms with E-state index in [1.54, 1.807) is 0 Å². The highest BCUT2D eigenvalue weighted by atomic mass is 15.2. The van der Waals surface area contributed by atoms with Crippen LogP contribution >= 0.6 is 0 Å². The molecule has 0 radical (unpaired) electrons. The van der Waals surface area contributed by atoms with E-state index >= 15 is 0 Å². The van der Waals surface area contributed by atoms with Crippen LogP contribution in [0.25, 0.3) is 10.4 Å². The Morgan fingerprint density at radius 2 is 1.14 bits per heavy atom. The number of fused-ring (bicyclic) bond motifs is 8. The summed E-state index contributed by atoms with van der Waals surface area (Å²) in [6, 6.07) is 41.1. The monoisotopic (exact) mass is 567 g/mol. The molecule has 1 heterocycles. The minimum absolute atomic E-state index is 0.0458. The zero-order chi connectivity index (χ0) is 30.8. The first-order valence-corrected chi connectivity index (χ1v) is 15.1. The maximum absolute atomic E-state index is 10.1. The molecule has 0 unspecified atom stereocenters. The summed E-state index contributed by atoms with van der Waals surface area (Å²) in [7, 11) is 0. The fraction of sp³-hybridized carbons (Fsp3) is 0.171. The molecule has 3 heteroatoms. The zero-order valence-electron chi connectivity index (χ0n) is 25.7. The highest BCUT2D eigenvalue weighted by Crippen LogP contribution is 2.62. The Hall–Kier alpha value is -5.38. The smallest absolute Gasteiger partial charge is 0.270 e. The van der Waals surface area contributed by atoms with Gasteiger partial charge in [-0.25, -0.2) is 10.1 Å². The molecular formula is C41H33N3. The highest BCUT2D eigenvalue weighted by molar-refractivity contribution is 5.98. The average molecular weight is 568 g/mol. The van der Waals surface area contributed by atoms with E-state index in [2.05, 4.69) is 147 Å². The van der Waals surface area contributed by atoms with E-state index in [0.29, 0.717) is 5.57 Å². The standard InChI is InChI=1S/C41H33N3/c1-26-23-28(40(3,4)5)24-27(2)39(26)44-36-21-13-11-19-33(36)41(34-20-12-14-22-37(34)44)31-17-9-7-15-29(31)38(35(25-42)43-6)30-16-8-10-18-32(30)41/h7-24H,1-5H3. The van der Waals surface area contributed by atoms with Crippen molar-refractivity contribution in [2.75, 3.05) is 4.90 Å². The Kier molecular flexibility index (Phi) is 6.14. The number of allylic oxidation sites excluding steroid dienone is 1. The van der Waals surface area contributed by atoms with Gasteiger partial charge < -0.3 is 4.90 Å². The fourth-order valence-corrected chi connectivity index (χ4v) is 7.55. The van der Waals surface area contributed by atoms with Crippen LogP contribution in [0.3, 0.4) is 0 Å². The van der Waals surface area contributed by atoms with Crippen LogP contribution in [0.1, 0.15) is 70.8 Å². The molecule has 1 spiro atoms. The summed E-state index contributed by atoms with van der Waals surface area (Å²) in [5, 5.41) is 10.1. The molecule has 5 aromatic carbocycles. The first-order chi connectivity index (χ1) is 21.2. The Labute approximate surface area is 260 Å². The van der Waals surface area contributed by atoms with E-state index in [4.69, 9.17) is 6.57 Å². The van der Waals surface area contributed by atoms with Gasteiger partial charge >= 0.3 is 0 Å². The van der Waals surface area contributed by atoms with Gasteiger partial charge in [0, 0.05) is 5.57 Å². The lowest BCUT2D eigenvalue weighted by Crippen LogP contribution is -2.41. The van der Waals surface area contributed by atoms with E-state index in [0.717, 1.165) is 33.6 Å². The molecule has 0 fully saturated rings. The number of nitrogens with zero attached hydrogens (tertiary/aromatic N) is 3. The molecule has 1 aliphatic heterocycles. The van der Waals surface area contributed by atoms with Crippen LogP contribution in [0.2, 0.25) is 0 Å². The minimum Gasteiger partial charge on any atom is -0.309 e. The average Bonchev–Trinajstić information content (AvgIpc) is 3.03.